The summed E-state index contributed by atoms with van der Waals surface area (Å²) in [6.45, 7) is 4.58. The summed E-state index contributed by atoms with van der Waals surface area (Å²) in [5, 5.41) is 0. The van der Waals surface area contributed by atoms with Gasteiger partial charge in [0.05, 0.1) is 0 Å². The Morgan fingerprint density at radius 1 is 1.11 bits per heavy atom. The molecule has 0 aromatic carbocycles. The molecule has 0 aromatic heterocycles. The molecule has 1 aliphatic carbocycles. The van der Waals surface area contributed by atoms with Gasteiger partial charge in [0.1, 0.15) is 0 Å². The third-order valence-corrected chi connectivity index (χ3v) is 4.98. The van der Waals surface area contributed by atoms with Crippen LogP contribution in [0.4, 0.5) is 0 Å². The number of rotatable bonds is 4. The van der Waals surface area contributed by atoms with Crippen LogP contribution in [-0.2, 0) is 9.59 Å². The van der Waals surface area contributed by atoms with E-state index in [1.807, 2.05) is 6.92 Å². The molecule has 2 rings (SSSR count). The van der Waals surface area contributed by atoms with Gasteiger partial charge in [0.15, 0.2) is 0 Å². The normalized spacial score (nSPS) is 23.9. The predicted molar refractivity (Wildman–Crippen MR) is 73.6 cm³/mol. The minimum Gasteiger partial charge on any atom is -0.333 e. The summed E-state index contributed by atoms with van der Waals surface area (Å²) in [4.78, 5) is 27.3. The highest BCUT2D eigenvalue weighted by atomic mass is 32.1. The zero-order valence-corrected chi connectivity index (χ0v) is 11.9. The van der Waals surface area contributed by atoms with Crippen molar-refractivity contribution in [1.29, 1.82) is 0 Å². The SMILES string of the molecule is CCN1CCN(CC2(CS)CCCC2)C(=O)C1=O. The maximum absolute atomic E-state index is 12.1. The lowest BCUT2D eigenvalue weighted by Gasteiger charge is -2.38. The van der Waals surface area contributed by atoms with Crippen molar-refractivity contribution in [3.63, 3.8) is 0 Å². The van der Waals surface area contributed by atoms with Gasteiger partial charge in [-0.3, -0.25) is 9.59 Å². The van der Waals surface area contributed by atoms with E-state index in [2.05, 4.69) is 12.6 Å². The topological polar surface area (TPSA) is 40.6 Å². The number of thiol groups is 1. The molecule has 0 spiro atoms. The average molecular weight is 270 g/mol. The fourth-order valence-electron chi connectivity index (χ4n) is 3.06. The van der Waals surface area contributed by atoms with Crippen molar-refractivity contribution >= 4 is 24.4 Å². The zero-order chi connectivity index (χ0) is 13.2. The second kappa shape index (κ2) is 5.51. The van der Waals surface area contributed by atoms with Crippen LogP contribution >= 0.6 is 12.6 Å². The number of carbonyl (C=O) groups excluding carboxylic acids is 2. The van der Waals surface area contributed by atoms with Gasteiger partial charge in [-0.05, 0) is 30.9 Å². The summed E-state index contributed by atoms with van der Waals surface area (Å²) in [5.41, 5.74) is 0.146. The van der Waals surface area contributed by atoms with Gasteiger partial charge in [0, 0.05) is 26.2 Å². The summed E-state index contributed by atoms with van der Waals surface area (Å²) < 4.78 is 0. The first-order chi connectivity index (χ1) is 8.62. The second-order valence-corrected chi connectivity index (χ2v) is 5.79. The molecule has 1 saturated carbocycles. The molecule has 1 aliphatic heterocycles. The van der Waals surface area contributed by atoms with Crippen LogP contribution in [0.2, 0.25) is 0 Å². The number of piperazine rings is 1. The Morgan fingerprint density at radius 3 is 2.22 bits per heavy atom. The highest BCUT2D eigenvalue weighted by Gasteiger charge is 2.39. The van der Waals surface area contributed by atoms with Crippen LogP contribution in [0.3, 0.4) is 0 Å². The Morgan fingerprint density at radius 2 is 1.67 bits per heavy atom. The number of nitrogens with zero attached hydrogens (tertiary/aromatic N) is 2. The van der Waals surface area contributed by atoms with Crippen molar-refractivity contribution in [2.24, 2.45) is 5.41 Å². The Kier molecular flexibility index (Phi) is 4.20. The van der Waals surface area contributed by atoms with Gasteiger partial charge in [-0.25, -0.2) is 0 Å². The zero-order valence-electron chi connectivity index (χ0n) is 11.0. The summed E-state index contributed by atoms with van der Waals surface area (Å²) in [6, 6.07) is 0. The average Bonchev–Trinajstić information content (AvgIpc) is 2.85. The summed E-state index contributed by atoms with van der Waals surface area (Å²) in [6.07, 6.45) is 4.70. The molecule has 102 valence electrons. The fourth-order valence-corrected chi connectivity index (χ4v) is 3.48. The van der Waals surface area contributed by atoms with Gasteiger partial charge in [-0.15, -0.1) is 0 Å². The van der Waals surface area contributed by atoms with Gasteiger partial charge < -0.3 is 9.80 Å². The molecule has 5 heteroatoms. The van der Waals surface area contributed by atoms with Crippen molar-refractivity contribution in [2.75, 3.05) is 31.9 Å². The number of hydrogen-bond donors (Lipinski definition) is 1. The van der Waals surface area contributed by atoms with Crippen molar-refractivity contribution in [1.82, 2.24) is 9.80 Å². The van der Waals surface area contributed by atoms with E-state index < -0.39 is 0 Å². The standard InChI is InChI=1S/C13H22N2O2S/c1-2-14-7-8-15(12(17)11(14)16)9-13(10-18)5-3-4-6-13/h18H,2-10H2,1H3. The van der Waals surface area contributed by atoms with Crippen LogP contribution in [0.25, 0.3) is 0 Å². The lowest BCUT2D eigenvalue weighted by atomic mass is 9.87. The molecule has 0 atom stereocenters. The molecule has 0 unspecified atom stereocenters. The van der Waals surface area contributed by atoms with Crippen molar-refractivity contribution in [3.8, 4) is 0 Å². The third-order valence-electron chi connectivity index (χ3n) is 4.30. The van der Waals surface area contributed by atoms with E-state index in [0.29, 0.717) is 26.2 Å². The lowest BCUT2D eigenvalue weighted by Crippen LogP contribution is -2.56. The third kappa shape index (κ3) is 2.51. The van der Waals surface area contributed by atoms with E-state index in [-0.39, 0.29) is 17.2 Å². The first-order valence-corrected chi connectivity index (χ1v) is 7.44. The van der Waals surface area contributed by atoms with E-state index in [4.69, 9.17) is 0 Å². The van der Waals surface area contributed by atoms with Gasteiger partial charge in [0.25, 0.3) is 0 Å². The van der Waals surface area contributed by atoms with E-state index >= 15 is 0 Å². The van der Waals surface area contributed by atoms with Crippen LogP contribution in [0.5, 0.6) is 0 Å². The van der Waals surface area contributed by atoms with Crippen molar-refractivity contribution < 1.29 is 9.59 Å². The molecule has 18 heavy (non-hydrogen) atoms. The Labute approximate surface area is 114 Å². The Bertz CT molecular complexity index is 340. The smallest absolute Gasteiger partial charge is 0.312 e. The Balaban J connectivity index is 2.02. The molecule has 0 N–H and O–H groups in total. The second-order valence-electron chi connectivity index (χ2n) is 5.48. The molecular formula is C13H22N2O2S. The van der Waals surface area contributed by atoms with Gasteiger partial charge >= 0.3 is 11.8 Å². The highest BCUT2D eigenvalue weighted by Crippen LogP contribution is 2.39. The fraction of sp³-hybridized carbons (Fsp3) is 0.846. The highest BCUT2D eigenvalue weighted by molar-refractivity contribution is 7.80. The first kappa shape index (κ1) is 13.7. The maximum atomic E-state index is 12.1. The van der Waals surface area contributed by atoms with Crippen LogP contribution < -0.4 is 0 Å². The van der Waals surface area contributed by atoms with Crippen LogP contribution in [0.1, 0.15) is 32.6 Å². The molecule has 2 amide bonds. The largest absolute Gasteiger partial charge is 0.333 e. The Hall–Kier alpha value is -0.710. The van der Waals surface area contributed by atoms with Gasteiger partial charge in [-0.1, -0.05) is 12.8 Å². The number of hydrogen-bond acceptors (Lipinski definition) is 3. The monoisotopic (exact) mass is 270 g/mol. The van der Waals surface area contributed by atoms with Crippen molar-refractivity contribution in [2.45, 2.75) is 32.6 Å². The van der Waals surface area contributed by atoms with E-state index in [1.165, 1.54) is 12.8 Å². The first-order valence-electron chi connectivity index (χ1n) is 6.81. The van der Waals surface area contributed by atoms with Crippen LogP contribution in [-0.4, -0.2) is 53.5 Å². The van der Waals surface area contributed by atoms with Crippen LogP contribution in [0.15, 0.2) is 0 Å². The molecule has 4 nitrogen and oxygen atoms in total. The quantitative estimate of drug-likeness (QED) is 0.615. The molecule has 1 heterocycles. The van der Waals surface area contributed by atoms with Crippen LogP contribution in [0, 0.1) is 5.41 Å². The number of amides is 2. The molecule has 0 radical (unpaired) electrons. The van der Waals surface area contributed by atoms with Crippen molar-refractivity contribution in [3.05, 3.63) is 0 Å². The summed E-state index contributed by atoms with van der Waals surface area (Å²) in [5.74, 6) is 0.148. The van der Waals surface area contributed by atoms with E-state index in [9.17, 15) is 9.59 Å². The molecular weight excluding hydrogens is 248 g/mol. The predicted octanol–water partition coefficient (Wildman–Crippen LogP) is 1.17. The lowest BCUT2D eigenvalue weighted by molar-refractivity contribution is -0.156. The number of carbonyl (C=O) groups is 2. The summed E-state index contributed by atoms with van der Waals surface area (Å²) >= 11 is 4.46. The molecule has 2 aliphatic rings. The van der Waals surface area contributed by atoms with Gasteiger partial charge in [0.2, 0.25) is 0 Å². The molecule has 0 bridgehead atoms. The van der Waals surface area contributed by atoms with E-state index in [0.717, 1.165) is 18.6 Å². The molecule has 0 aromatic rings. The summed E-state index contributed by atoms with van der Waals surface area (Å²) in [7, 11) is 0. The maximum Gasteiger partial charge on any atom is 0.312 e. The number of likely N-dealkylation sites (N-methyl/N-ethyl adjacent to an activating group) is 1. The van der Waals surface area contributed by atoms with Gasteiger partial charge in [-0.2, -0.15) is 12.6 Å². The molecule has 1 saturated heterocycles. The van der Waals surface area contributed by atoms with E-state index in [1.54, 1.807) is 9.80 Å². The minimum atomic E-state index is -0.337. The minimum absolute atomic E-state index is 0.146. The molecule has 2 fully saturated rings.